The fraction of sp³-hybridized carbons (Fsp3) is 0.800. The molecule has 0 aliphatic heterocycles. The summed E-state index contributed by atoms with van der Waals surface area (Å²) in [6, 6.07) is 0. The number of allylic oxidation sites excluding steroid dienone is 2. The van der Waals surface area contributed by atoms with Gasteiger partial charge in [-0.15, -0.1) is 0 Å². The minimum Gasteiger partial charge on any atom is -0.0914 e. The van der Waals surface area contributed by atoms with Crippen LogP contribution in [-0.2, 0) is 0 Å². The maximum absolute atomic E-state index is 2.28. The van der Waals surface area contributed by atoms with Crippen molar-refractivity contribution in [2.75, 3.05) is 0 Å². The summed E-state index contributed by atoms with van der Waals surface area (Å²) in [7, 11) is 0. The first-order valence-corrected chi connectivity index (χ1v) is 4.29. The largest absolute Gasteiger partial charge is 0.0914 e. The molecule has 0 aromatic carbocycles. The maximum Gasteiger partial charge on any atom is -0.0262 e. The van der Waals surface area contributed by atoms with E-state index in [0.717, 1.165) is 11.8 Å². The van der Waals surface area contributed by atoms with E-state index in [2.05, 4.69) is 39.8 Å². The summed E-state index contributed by atoms with van der Waals surface area (Å²) in [5.74, 6) is 1.63. The van der Waals surface area contributed by atoms with Crippen LogP contribution in [0.25, 0.3) is 0 Å². The Labute approximate surface area is 65.3 Å². The fourth-order valence-electron chi connectivity index (χ4n) is 1.02. The van der Waals surface area contributed by atoms with Gasteiger partial charge in [0.25, 0.3) is 0 Å². The third kappa shape index (κ3) is 5.87. The maximum atomic E-state index is 2.28. The Hall–Kier alpha value is -0.260. The molecule has 0 heterocycles. The lowest BCUT2D eigenvalue weighted by Gasteiger charge is -2.07. The molecule has 0 saturated heterocycles. The van der Waals surface area contributed by atoms with Crippen molar-refractivity contribution < 1.29 is 0 Å². The van der Waals surface area contributed by atoms with E-state index in [0.29, 0.717) is 0 Å². The highest BCUT2D eigenvalue weighted by Crippen LogP contribution is 2.12. The molecule has 0 N–H and O–H groups in total. The first-order chi connectivity index (χ1) is 4.66. The zero-order valence-electron chi connectivity index (χ0n) is 7.72. The molecule has 0 aliphatic rings. The van der Waals surface area contributed by atoms with Crippen molar-refractivity contribution in [1.29, 1.82) is 0 Å². The van der Waals surface area contributed by atoms with Crippen LogP contribution in [0.4, 0.5) is 0 Å². The van der Waals surface area contributed by atoms with Gasteiger partial charge in [-0.1, -0.05) is 39.3 Å². The van der Waals surface area contributed by atoms with E-state index in [4.69, 9.17) is 0 Å². The van der Waals surface area contributed by atoms with Gasteiger partial charge in [-0.3, -0.25) is 0 Å². The molecule has 0 rings (SSSR count). The minimum atomic E-state index is 0.771. The Morgan fingerprint density at radius 3 is 2.10 bits per heavy atom. The van der Waals surface area contributed by atoms with Crippen molar-refractivity contribution in [3.8, 4) is 0 Å². The molecule has 1 unspecified atom stereocenters. The lowest BCUT2D eigenvalue weighted by Crippen LogP contribution is -1.93. The molecule has 0 spiro atoms. The number of hydrogen-bond donors (Lipinski definition) is 0. The Bertz CT molecular complexity index is 90.2. The van der Waals surface area contributed by atoms with E-state index in [1.165, 1.54) is 12.8 Å². The van der Waals surface area contributed by atoms with Crippen LogP contribution in [0.1, 0.15) is 40.5 Å². The molecule has 0 radical (unpaired) electrons. The second kappa shape index (κ2) is 5.52. The van der Waals surface area contributed by atoms with Crippen LogP contribution < -0.4 is 0 Å². The van der Waals surface area contributed by atoms with Crippen LogP contribution in [0.15, 0.2) is 12.2 Å². The monoisotopic (exact) mass is 140 g/mol. The van der Waals surface area contributed by atoms with Gasteiger partial charge in [0, 0.05) is 0 Å². The normalized spacial score (nSPS) is 14.9. The van der Waals surface area contributed by atoms with Gasteiger partial charge in [0.05, 0.1) is 0 Å². The van der Waals surface area contributed by atoms with Crippen LogP contribution in [0.2, 0.25) is 0 Å². The minimum absolute atomic E-state index is 0.771. The average Bonchev–Trinajstić information content (AvgIpc) is 1.85. The zero-order valence-corrected chi connectivity index (χ0v) is 7.72. The second-order valence-corrected chi connectivity index (χ2v) is 3.47. The summed E-state index contributed by atoms with van der Waals surface area (Å²) in [6.45, 7) is 8.93. The van der Waals surface area contributed by atoms with Gasteiger partial charge in [-0.25, -0.2) is 0 Å². The van der Waals surface area contributed by atoms with E-state index >= 15 is 0 Å². The van der Waals surface area contributed by atoms with Crippen molar-refractivity contribution in [1.82, 2.24) is 0 Å². The van der Waals surface area contributed by atoms with E-state index in [-0.39, 0.29) is 0 Å². The molecule has 0 aromatic heterocycles. The van der Waals surface area contributed by atoms with E-state index in [1.807, 2.05) is 0 Å². The summed E-state index contributed by atoms with van der Waals surface area (Å²) in [6.07, 6.45) is 7.11. The smallest absolute Gasteiger partial charge is 0.0262 e. The van der Waals surface area contributed by atoms with E-state index < -0.39 is 0 Å². The molecule has 0 saturated carbocycles. The van der Waals surface area contributed by atoms with Gasteiger partial charge in [0.1, 0.15) is 0 Å². The van der Waals surface area contributed by atoms with Crippen molar-refractivity contribution in [2.24, 2.45) is 11.8 Å². The van der Waals surface area contributed by atoms with Crippen molar-refractivity contribution in [3.63, 3.8) is 0 Å². The van der Waals surface area contributed by atoms with Gasteiger partial charge in [0.15, 0.2) is 0 Å². The summed E-state index contributed by atoms with van der Waals surface area (Å²) in [5.41, 5.74) is 0. The molecule has 1 atom stereocenters. The average molecular weight is 140 g/mol. The Morgan fingerprint density at radius 1 is 1.10 bits per heavy atom. The molecular formula is C10H20. The van der Waals surface area contributed by atoms with Crippen LogP contribution in [0.5, 0.6) is 0 Å². The fourth-order valence-corrected chi connectivity index (χ4v) is 1.02. The highest BCUT2D eigenvalue weighted by atomic mass is 14.0. The van der Waals surface area contributed by atoms with Crippen molar-refractivity contribution in [3.05, 3.63) is 12.2 Å². The molecule has 0 amide bonds. The second-order valence-electron chi connectivity index (χ2n) is 3.47. The van der Waals surface area contributed by atoms with Crippen LogP contribution in [0.3, 0.4) is 0 Å². The van der Waals surface area contributed by atoms with Gasteiger partial charge in [-0.05, 0) is 25.2 Å². The molecular weight excluding hydrogens is 120 g/mol. The Morgan fingerprint density at radius 2 is 1.70 bits per heavy atom. The molecule has 0 aliphatic carbocycles. The lowest BCUT2D eigenvalue weighted by atomic mass is 9.99. The highest BCUT2D eigenvalue weighted by Gasteiger charge is 1.98. The molecule has 0 bridgehead atoms. The quantitative estimate of drug-likeness (QED) is 0.523. The van der Waals surface area contributed by atoms with Crippen LogP contribution >= 0.6 is 0 Å². The first-order valence-electron chi connectivity index (χ1n) is 4.29. The lowest BCUT2D eigenvalue weighted by molar-refractivity contribution is 0.502. The Balaban J connectivity index is 3.30. The third-order valence-electron chi connectivity index (χ3n) is 1.72. The molecule has 60 valence electrons. The SMILES string of the molecule is C/C=C/C(C)CCC(C)C. The molecule has 0 heteroatoms. The van der Waals surface area contributed by atoms with Crippen LogP contribution in [0, 0.1) is 11.8 Å². The predicted molar refractivity (Wildman–Crippen MR) is 48.1 cm³/mol. The standard InChI is InChI=1S/C10H20/c1-5-6-10(4)8-7-9(2)3/h5-6,9-10H,7-8H2,1-4H3/b6-5+. The summed E-state index contributed by atoms with van der Waals surface area (Å²) < 4.78 is 0. The summed E-state index contributed by atoms with van der Waals surface area (Å²) in [5, 5.41) is 0. The van der Waals surface area contributed by atoms with Crippen molar-refractivity contribution in [2.45, 2.75) is 40.5 Å². The van der Waals surface area contributed by atoms with Crippen LogP contribution in [-0.4, -0.2) is 0 Å². The zero-order chi connectivity index (χ0) is 7.98. The third-order valence-corrected chi connectivity index (χ3v) is 1.72. The van der Waals surface area contributed by atoms with E-state index in [9.17, 15) is 0 Å². The Kier molecular flexibility index (Phi) is 5.38. The van der Waals surface area contributed by atoms with Gasteiger partial charge >= 0.3 is 0 Å². The topological polar surface area (TPSA) is 0 Å². The summed E-state index contributed by atoms with van der Waals surface area (Å²) >= 11 is 0. The number of rotatable bonds is 4. The first kappa shape index (κ1) is 9.74. The van der Waals surface area contributed by atoms with Crippen molar-refractivity contribution >= 4 is 0 Å². The molecule has 0 nitrogen and oxygen atoms in total. The predicted octanol–water partition coefficient (Wildman–Crippen LogP) is 3.63. The summed E-state index contributed by atoms with van der Waals surface area (Å²) in [4.78, 5) is 0. The number of hydrogen-bond acceptors (Lipinski definition) is 0. The molecule has 0 aromatic rings. The van der Waals surface area contributed by atoms with Gasteiger partial charge < -0.3 is 0 Å². The van der Waals surface area contributed by atoms with E-state index in [1.54, 1.807) is 0 Å². The molecule has 10 heavy (non-hydrogen) atoms. The highest BCUT2D eigenvalue weighted by molar-refractivity contribution is 4.82. The van der Waals surface area contributed by atoms with Gasteiger partial charge in [-0.2, -0.15) is 0 Å². The molecule has 0 fully saturated rings. The van der Waals surface area contributed by atoms with Gasteiger partial charge in [0.2, 0.25) is 0 Å².